The van der Waals surface area contributed by atoms with Crippen molar-refractivity contribution < 1.29 is 23.1 Å². The fraction of sp³-hybridized carbons (Fsp3) is 0.294. The van der Waals surface area contributed by atoms with E-state index in [9.17, 15) is 14.0 Å². The van der Waals surface area contributed by atoms with Crippen molar-refractivity contribution in [2.24, 2.45) is 0 Å². The Balaban J connectivity index is 1.76. The van der Waals surface area contributed by atoms with Gasteiger partial charge in [0.15, 0.2) is 5.76 Å². The predicted molar refractivity (Wildman–Crippen MR) is 88.3 cm³/mol. The highest BCUT2D eigenvalue weighted by Crippen LogP contribution is 2.27. The standard InChI is InChI=1S/C17H16FNO4S/c1-22-17(21)15-10-19(8-9-24-15)16(20)14-7-6-13(23-14)11-4-2-3-5-12(11)18/h2-7,15H,8-10H2,1H3/t15-/m1/s1. The molecule has 0 unspecified atom stereocenters. The lowest BCUT2D eigenvalue weighted by atomic mass is 10.1. The molecule has 0 saturated carbocycles. The second kappa shape index (κ2) is 7.09. The zero-order chi connectivity index (χ0) is 17.1. The number of hydrogen-bond acceptors (Lipinski definition) is 5. The van der Waals surface area contributed by atoms with E-state index < -0.39 is 11.1 Å². The van der Waals surface area contributed by atoms with Crippen LogP contribution in [-0.4, -0.2) is 48.0 Å². The van der Waals surface area contributed by atoms with Crippen molar-refractivity contribution in [1.29, 1.82) is 0 Å². The molecule has 1 amide bonds. The van der Waals surface area contributed by atoms with Gasteiger partial charge in [-0.2, -0.15) is 0 Å². The summed E-state index contributed by atoms with van der Waals surface area (Å²) >= 11 is 1.47. The van der Waals surface area contributed by atoms with Crippen LogP contribution in [-0.2, 0) is 9.53 Å². The van der Waals surface area contributed by atoms with Gasteiger partial charge in [-0.1, -0.05) is 12.1 Å². The summed E-state index contributed by atoms with van der Waals surface area (Å²) < 4.78 is 24.1. The lowest BCUT2D eigenvalue weighted by molar-refractivity contribution is -0.140. The molecule has 5 nitrogen and oxygen atoms in total. The number of carbonyl (C=O) groups is 2. The average Bonchev–Trinajstić information content (AvgIpc) is 3.10. The Morgan fingerprint density at radius 1 is 1.29 bits per heavy atom. The average molecular weight is 349 g/mol. The number of benzene rings is 1. The van der Waals surface area contributed by atoms with Crippen molar-refractivity contribution in [3.8, 4) is 11.3 Å². The molecule has 24 heavy (non-hydrogen) atoms. The SMILES string of the molecule is COC(=O)[C@H]1CN(C(=O)c2ccc(-c3ccccc3F)o2)CCS1. The highest BCUT2D eigenvalue weighted by Gasteiger charge is 2.31. The molecule has 1 aliphatic heterocycles. The molecule has 0 aliphatic carbocycles. The van der Waals surface area contributed by atoms with Gasteiger partial charge in [0, 0.05) is 18.8 Å². The lowest BCUT2D eigenvalue weighted by Gasteiger charge is -2.30. The molecule has 0 spiro atoms. The number of methoxy groups -OCH3 is 1. The normalized spacial score (nSPS) is 17.6. The van der Waals surface area contributed by atoms with Gasteiger partial charge in [0.05, 0.1) is 12.7 Å². The van der Waals surface area contributed by atoms with E-state index >= 15 is 0 Å². The fourth-order valence-corrected chi connectivity index (χ4v) is 3.65. The van der Waals surface area contributed by atoms with Gasteiger partial charge in [-0.3, -0.25) is 9.59 Å². The molecule has 3 rings (SSSR count). The van der Waals surface area contributed by atoms with Crippen LogP contribution in [0.5, 0.6) is 0 Å². The maximum Gasteiger partial charge on any atom is 0.320 e. The first-order valence-corrected chi connectivity index (χ1v) is 8.48. The van der Waals surface area contributed by atoms with E-state index in [0.29, 0.717) is 23.6 Å². The van der Waals surface area contributed by atoms with E-state index in [0.717, 1.165) is 0 Å². The summed E-state index contributed by atoms with van der Waals surface area (Å²) in [4.78, 5) is 25.8. The Morgan fingerprint density at radius 2 is 2.08 bits per heavy atom. The van der Waals surface area contributed by atoms with Crippen molar-refractivity contribution in [2.75, 3.05) is 26.0 Å². The number of nitrogens with zero attached hydrogens (tertiary/aromatic N) is 1. The molecule has 1 saturated heterocycles. The number of rotatable bonds is 3. The van der Waals surface area contributed by atoms with Crippen LogP contribution in [0, 0.1) is 5.82 Å². The summed E-state index contributed by atoms with van der Waals surface area (Å²) in [5, 5.41) is -0.395. The van der Waals surface area contributed by atoms with Gasteiger partial charge in [0.25, 0.3) is 5.91 Å². The molecule has 0 bridgehead atoms. The highest BCUT2D eigenvalue weighted by atomic mass is 32.2. The molecule has 2 aromatic rings. The second-order valence-corrected chi connectivity index (χ2v) is 6.59. The van der Waals surface area contributed by atoms with Crippen LogP contribution in [0.2, 0.25) is 0 Å². The minimum absolute atomic E-state index is 0.128. The van der Waals surface area contributed by atoms with Gasteiger partial charge in [-0.15, -0.1) is 11.8 Å². The highest BCUT2D eigenvalue weighted by molar-refractivity contribution is 8.00. The van der Waals surface area contributed by atoms with Crippen LogP contribution in [0.25, 0.3) is 11.3 Å². The van der Waals surface area contributed by atoms with Crippen molar-refractivity contribution in [2.45, 2.75) is 5.25 Å². The minimum atomic E-state index is -0.411. The third kappa shape index (κ3) is 3.31. The smallest absolute Gasteiger partial charge is 0.320 e. The van der Waals surface area contributed by atoms with Crippen molar-refractivity contribution in [3.63, 3.8) is 0 Å². The van der Waals surface area contributed by atoms with Gasteiger partial charge in [0.2, 0.25) is 0 Å². The molecule has 0 radical (unpaired) electrons. The predicted octanol–water partition coefficient (Wildman–Crippen LogP) is 2.82. The number of ether oxygens (including phenoxy) is 1. The lowest BCUT2D eigenvalue weighted by Crippen LogP contribution is -2.44. The minimum Gasteiger partial charge on any atom is -0.468 e. The van der Waals surface area contributed by atoms with Crippen LogP contribution >= 0.6 is 11.8 Å². The largest absolute Gasteiger partial charge is 0.468 e. The van der Waals surface area contributed by atoms with E-state index in [2.05, 4.69) is 0 Å². The fourth-order valence-electron chi connectivity index (χ4n) is 2.52. The molecular weight excluding hydrogens is 333 g/mol. The van der Waals surface area contributed by atoms with E-state index in [-0.39, 0.29) is 24.2 Å². The zero-order valence-electron chi connectivity index (χ0n) is 13.0. The molecule has 126 valence electrons. The Hall–Kier alpha value is -2.28. The topological polar surface area (TPSA) is 59.8 Å². The van der Waals surface area contributed by atoms with Crippen molar-refractivity contribution in [3.05, 3.63) is 48.0 Å². The van der Waals surface area contributed by atoms with Gasteiger partial charge < -0.3 is 14.1 Å². The maximum absolute atomic E-state index is 13.8. The number of esters is 1. The summed E-state index contributed by atoms with van der Waals surface area (Å²) in [6.07, 6.45) is 0. The number of carbonyl (C=O) groups excluding carboxylic acids is 2. The number of furan rings is 1. The first-order valence-electron chi connectivity index (χ1n) is 7.43. The van der Waals surface area contributed by atoms with Crippen molar-refractivity contribution >= 4 is 23.6 Å². The molecule has 1 atom stereocenters. The Labute approximate surface area is 142 Å². The summed E-state index contributed by atoms with van der Waals surface area (Å²) in [5.41, 5.74) is 0.304. The van der Waals surface area contributed by atoms with E-state index in [4.69, 9.17) is 9.15 Å². The summed E-state index contributed by atoms with van der Waals surface area (Å²) in [7, 11) is 1.33. The van der Waals surface area contributed by atoms with Gasteiger partial charge in [-0.25, -0.2) is 4.39 Å². The Bertz CT molecular complexity index is 761. The van der Waals surface area contributed by atoms with Crippen LogP contribution in [0.15, 0.2) is 40.8 Å². The molecule has 1 fully saturated rings. The first-order chi connectivity index (χ1) is 11.6. The quantitative estimate of drug-likeness (QED) is 0.798. The third-order valence-electron chi connectivity index (χ3n) is 3.77. The van der Waals surface area contributed by atoms with Crippen LogP contribution in [0.1, 0.15) is 10.6 Å². The molecule has 7 heteroatoms. The molecule has 1 aromatic carbocycles. The summed E-state index contributed by atoms with van der Waals surface area (Å²) in [6, 6.07) is 9.31. The van der Waals surface area contributed by atoms with Crippen LogP contribution in [0.4, 0.5) is 4.39 Å². The number of halogens is 1. The van der Waals surface area contributed by atoms with Crippen LogP contribution in [0.3, 0.4) is 0 Å². The third-order valence-corrected chi connectivity index (χ3v) is 4.94. The number of thioether (sulfide) groups is 1. The number of hydrogen-bond donors (Lipinski definition) is 0. The first kappa shape index (κ1) is 16.6. The van der Waals surface area contributed by atoms with E-state index in [1.54, 1.807) is 29.2 Å². The molecule has 1 aromatic heterocycles. The number of amides is 1. The maximum atomic E-state index is 13.8. The van der Waals surface area contributed by atoms with E-state index in [1.807, 2.05) is 0 Å². The second-order valence-electron chi connectivity index (χ2n) is 5.28. The molecule has 1 aliphatic rings. The van der Waals surface area contributed by atoms with Gasteiger partial charge in [0.1, 0.15) is 16.8 Å². The Morgan fingerprint density at radius 3 is 2.83 bits per heavy atom. The van der Waals surface area contributed by atoms with Crippen molar-refractivity contribution in [1.82, 2.24) is 4.90 Å². The Kier molecular flexibility index (Phi) is 4.89. The summed E-state index contributed by atoms with van der Waals surface area (Å²) in [6.45, 7) is 0.790. The molecule has 2 heterocycles. The zero-order valence-corrected chi connectivity index (χ0v) is 13.8. The van der Waals surface area contributed by atoms with Gasteiger partial charge in [-0.05, 0) is 24.3 Å². The van der Waals surface area contributed by atoms with E-state index in [1.165, 1.54) is 31.0 Å². The molecule has 0 N–H and O–H groups in total. The van der Waals surface area contributed by atoms with Gasteiger partial charge >= 0.3 is 5.97 Å². The molecular formula is C17H16FNO4S. The monoisotopic (exact) mass is 349 g/mol. The van der Waals surface area contributed by atoms with Crippen LogP contribution < -0.4 is 0 Å². The summed E-state index contributed by atoms with van der Waals surface area (Å²) in [5.74, 6) is 0.00437.